The van der Waals surface area contributed by atoms with Gasteiger partial charge in [-0.2, -0.15) is 0 Å². The van der Waals surface area contributed by atoms with Crippen molar-refractivity contribution >= 4 is 5.91 Å². The van der Waals surface area contributed by atoms with Crippen LogP contribution in [0.5, 0.6) is 0 Å². The molecule has 2 aliphatic rings. The predicted molar refractivity (Wildman–Crippen MR) is 40.0 cm³/mol. The number of piperidine rings is 1. The first-order chi connectivity index (χ1) is 5.29. The van der Waals surface area contributed by atoms with Gasteiger partial charge in [-0.05, 0) is 19.3 Å². The summed E-state index contributed by atoms with van der Waals surface area (Å²) < 4.78 is 0. The van der Waals surface area contributed by atoms with Crippen molar-refractivity contribution < 1.29 is 9.90 Å². The molecule has 2 heterocycles. The second-order valence-electron chi connectivity index (χ2n) is 3.42. The van der Waals surface area contributed by atoms with Crippen LogP contribution in [-0.2, 0) is 4.79 Å². The molecule has 0 aliphatic carbocycles. The first-order valence-electron chi connectivity index (χ1n) is 4.26. The lowest BCUT2D eigenvalue weighted by molar-refractivity contribution is -0.129. The lowest BCUT2D eigenvalue weighted by Crippen LogP contribution is -2.40. The van der Waals surface area contributed by atoms with Gasteiger partial charge in [0.05, 0.1) is 18.6 Å². The Morgan fingerprint density at radius 3 is 3.00 bits per heavy atom. The predicted octanol–water partition coefficient (Wildman–Crippen LogP) is 0.132. The zero-order chi connectivity index (χ0) is 7.84. The third kappa shape index (κ3) is 1.03. The van der Waals surface area contributed by atoms with Gasteiger partial charge in [0.15, 0.2) is 0 Å². The number of hydrogen-bond donors (Lipinski definition) is 1. The van der Waals surface area contributed by atoms with Crippen LogP contribution in [0.15, 0.2) is 0 Å². The fraction of sp³-hybridized carbons (Fsp3) is 0.875. The SMILES string of the molecule is O=C1CC(O)C2CCCCN12. The van der Waals surface area contributed by atoms with Crippen LogP contribution in [0.2, 0.25) is 0 Å². The minimum absolute atomic E-state index is 0.141. The third-order valence-electron chi connectivity index (χ3n) is 2.70. The van der Waals surface area contributed by atoms with E-state index in [1.54, 1.807) is 0 Å². The van der Waals surface area contributed by atoms with Gasteiger partial charge in [0.25, 0.3) is 0 Å². The van der Waals surface area contributed by atoms with Gasteiger partial charge in [-0.25, -0.2) is 0 Å². The Bertz CT molecular complexity index is 181. The smallest absolute Gasteiger partial charge is 0.225 e. The summed E-state index contributed by atoms with van der Waals surface area (Å²) in [6, 6.07) is 0.149. The summed E-state index contributed by atoms with van der Waals surface area (Å²) >= 11 is 0. The maximum Gasteiger partial charge on any atom is 0.225 e. The first kappa shape index (κ1) is 7.10. The molecule has 3 nitrogen and oxygen atoms in total. The van der Waals surface area contributed by atoms with Crippen LogP contribution in [0.3, 0.4) is 0 Å². The summed E-state index contributed by atoms with van der Waals surface area (Å²) in [5.41, 5.74) is 0. The van der Waals surface area contributed by atoms with E-state index < -0.39 is 0 Å². The molecule has 1 amide bonds. The highest BCUT2D eigenvalue weighted by Gasteiger charge is 2.39. The van der Waals surface area contributed by atoms with Crippen LogP contribution >= 0.6 is 0 Å². The highest BCUT2D eigenvalue weighted by atomic mass is 16.3. The summed E-state index contributed by atoms with van der Waals surface area (Å²) in [4.78, 5) is 13.0. The molecular formula is C8H13NO2. The summed E-state index contributed by atoms with van der Waals surface area (Å²) in [7, 11) is 0. The number of aliphatic hydroxyl groups is 1. The van der Waals surface area contributed by atoms with Crippen molar-refractivity contribution in [2.24, 2.45) is 0 Å². The van der Waals surface area contributed by atoms with Crippen molar-refractivity contribution in [3.8, 4) is 0 Å². The van der Waals surface area contributed by atoms with Gasteiger partial charge in [0, 0.05) is 6.54 Å². The van der Waals surface area contributed by atoms with E-state index in [-0.39, 0.29) is 18.1 Å². The molecule has 1 N–H and O–H groups in total. The minimum Gasteiger partial charge on any atom is -0.390 e. The van der Waals surface area contributed by atoms with Crippen molar-refractivity contribution in [1.29, 1.82) is 0 Å². The number of carbonyl (C=O) groups is 1. The van der Waals surface area contributed by atoms with Crippen LogP contribution in [0, 0.1) is 0 Å². The number of carbonyl (C=O) groups excluding carboxylic acids is 1. The zero-order valence-corrected chi connectivity index (χ0v) is 6.49. The summed E-state index contributed by atoms with van der Waals surface area (Å²) in [6.07, 6.45) is 3.22. The van der Waals surface area contributed by atoms with Crippen LogP contribution < -0.4 is 0 Å². The summed E-state index contributed by atoms with van der Waals surface area (Å²) in [6.45, 7) is 0.862. The Morgan fingerprint density at radius 2 is 2.27 bits per heavy atom. The van der Waals surface area contributed by atoms with E-state index in [2.05, 4.69) is 0 Å². The third-order valence-corrected chi connectivity index (χ3v) is 2.70. The molecule has 0 saturated carbocycles. The maximum absolute atomic E-state index is 11.2. The van der Waals surface area contributed by atoms with Gasteiger partial charge in [0.1, 0.15) is 0 Å². The van der Waals surface area contributed by atoms with Crippen LogP contribution in [-0.4, -0.2) is 34.6 Å². The number of aliphatic hydroxyl groups excluding tert-OH is 1. The monoisotopic (exact) mass is 155 g/mol. The van der Waals surface area contributed by atoms with Crippen molar-refractivity contribution in [3.63, 3.8) is 0 Å². The Kier molecular flexibility index (Phi) is 1.60. The van der Waals surface area contributed by atoms with Gasteiger partial charge < -0.3 is 10.0 Å². The van der Waals surface area contributed by atoms with E-state index in [0.29, 0.717) is 6.42 Å². The number of rotatable bonds is 0. The van der Waals surface area contributed by atoms with E-state index in [1.807, 2.05) is 4.90 Å². The topological polar surface area (TPSA) is 40.5 Å². The largest absolute Gasteiger partial charge is 0.390 e. The van der Waals surface area contributed by atoms with Crippen LogP contribution in [0.1, 0.15) is 25.7 Å². The van der Waals surface area contributed by atoms with Crippen molar-refractivity contribution in [1.82, 2.24) is 4.90 Å². The number of nitrogens with zero attached hydrogens (tertiary/aromatic N) is 1. The molecule has 0 bridgehead atoms. The van der Waals surface area contributed by atoms with Gasteiger partial charge in [0.2, 0.25) is 5.91 Å². The standard InChI is InChI=1S/C8H13NO2/c10-7-5-8(11)9-4-2-1-3-6(7)9/h6-7,10H,1-5H2. The lowest BCUT2D eigenvalue weighted by Gasteiger charge is -2.30. The van der Waals surface area contributed by atoms with Crippen molar-refractivity contribution in [2.75, 3.05) is 6.54 Å². The maximum atomic E-state index is 11.2. The fourth-order valence-electron chi connectivity index (χ4n) is 2.10. The molecule has 0 aromatic heterocycles. The van der Waals surface area contributed by atoms with Crippen molar-refractivity contribution in [2.45, 2.75) is 37.8 Å². The molecule has 2 rings (SSSR count). The normalized spacial score (nSPS) is 37.5. The van der Waals surface area contributed by atoms with E-state index >= 15 is 0 Å². The number of amides is 1. The molecule has 0 aromatic carbocycles. The van der Waals surface area contributed by atoms with Crippen molar-refractivity contribution in [3.05, 3.63) is 0 Å². The van der Waals surface area contributed by atoms with Crippen LogP contribution in [0.25, 0.3) is 0 Å². The van der Waals surface area contributed by atoms with Gasteiger partial charge in [-0.1, -0.05) is 0 Å². The lowest BCUT2D eigenvalue weighted by atomic mass is 10.0. The zero-order valence-electron chi connectivity index (χ0n) is 6.49. The molecule has 2 atom stereocenters. The average molecular weight is 155 g/mol. The molecular weight excluding hydrogens is 142 g/mol. The Morgan fingerprint density at radius 1 is 1.45 bits per heavy atom. The van der Waals surface area contributed by atoms with E-state index in [1.165, 1.54) is 0 Å². The first-order valence-corrected chi connectivity index (χ1v) is 4.26. The Labute approximate surface area is 66.0 Å². The fourth-order valence-corrected chi connectivity index (χ4v) is 2.10. The molecule has 2 fully saturated rings. The molecule has 2 saturated heterocycles. The molecule has 0 spiro atoms. The molecule has 0 aromatic rings. The minimum atomic E-state index is -0.386. The molecule has 0 radical (unpaired) electrons. The quantitative estimate of drug-likeness (QED) is 0.540. The van der Waals surface area contributed by atoms with E-state index in [9.17, 15) is 9.90 Å². The van der Waals surface area contributed by atoms with Crippen LogP contribution in [0.4, 0.5) is 0 Å². The molecule has 3 heteroatoms. The van der Waals surface area contributed by atoms with Gasteiger partial charge in [-0.3, -0.25) is 4.79 Å². The summed E-state index contributed by atoms with van der Waals surface area (Å²) in [5.74, 6) is 0.141. The Hall–Kier alpha value is -0.570. The summed E-state index contributed by atoms with van der Waals surface area (Å²) in [5, 5.41) is 9.43. The molecule has 11 heavy (non-hydrogen) atoms. The highest BCUT2D eigenvalue weighted by molar-refractivity contribution is 5.79. The molecule has 62 valence electrons. The number of hydrogen-bond acceptors (Lipinski definition) is 2. The second-order valence-corrected chi connectivity index (χ2v) is 3.42. The highest BCUT2D eigenvalue weighted by Crippen LogP contribution is 2.27. The Balaban J connectivity index is 2.13. The van der Waals surface area contributed by atoms with E-state index in [4.69, 9.17) is 0 Å². The average Bonchev–Trinajstić information content (AvgIpc) is 2.30. The molecule has 2 aliphatic heterocycles. The second kappa shape index (κ2) is 2.48. The van der Waals surface area contributed by atoms with Gasteiger partial charge in [-0.15, -0.1) is 0 Å². The van der Waals surface area contributed by atoms with E-state index in [0.717, 1.165) is 25.8 Å². The number of fused-ring (bicyclic) bond motifs is 1. The van der Waals surface area contributed by atoms with Gasteiger partial charge >= 0.3 is 0 Å². The molecule has 2 unspecified atom stereocenters.